The van der Waals surface area contributed by atoms with Gasteiger partial charge in [0.1, 0.15) is 5.78 Å². The van der Waals surface area contributed by atoms with E-state index in [-0.39, 0.29) is 37.1 Å². The summed E-state index contributed by atoms with van der Waals surface area (Å²) in [5, 5.41) is 1.08. The summed E-state index contributed by atoms with van der Waals surface area (Å²) < 4.78 is 4.67. The van der Waals surface area contributed by atoms with Crippen LogP contribution in [0.2, 0.25) is 0 Å². The quantitative estimate of drug-likeness (QED) is 0.391. The molecule has 3 amide bonds. The fourth-order valence-electron chi connectivity index (χ4n) is 5.27. The smallest absolute Gasteiger partial charge is 0.378 e. The zero-order valence-electron chi connectivity index (χ0n) is 21.2. The maximum atomic E-state index is 13.6. The maximum absolute atomic E-state index is 13.6. The molecule has 2 aromatic rings. The summed E-state index contributed by atoms with van der Waals surface area (Å²) in [6, 6.07) is 17.0. The third kappa shape index (κ3) is 4.92. The lowest BCUT2D eigenvalue weighted by atomic mass is 9.90. The van der Waals surface area contributed by atoms with E-state index in [9.17, 15) is 19.2 Å². The Morgan fingerprint density at radius 2 is 1.82 bits per heavy atom. The standard InChI is InChI=1S/C27H29BN4O5S/c1-18-8-10-20(11-9-18)16-29-32-13-5-12-31(26(32)36)27(25(35)37-28)17-30-23(34)22(24(30)38-27)15-21(33)14-19-6-3-2-4-7-19/h2-4,6-11,22,24,29H,5,12-17H2,1H3/t22-,24?,27-/m1/s1. The van der Waals surface area contributed by atoms with Crippen molar-refractivity contribution in [2.24, 2.45) is 5.92 Å². The Kier molecular flexibility index (Phi) is 7.49. The second-order valence-electron chi connectivity index (χ2n) is 9.94. The molecular weight excluding hydrogens is 503 g/mol. The Morgan fingerprint density at radius 1 is 1.08 bits per heavy atom. The average molecular weight is 532 g/mol. The molecule has 3 saturated heterocycles. The predicted molar refractivity (Wildman–Crippen MR) is 142 cm³/mol. The summed E-state index contributed by atoms with van der Waals surface area (Å²) in [5.74, 6) is -1.59. The summed E-state index contributed by atoms with van der Waals surface area (Å²) in [6.07, 6.45) is 0.933. The van der Waals surface area contributed by atoms with E-state index in [4.69, 9.17) is 8.05 Å². The number of benzene rings is 2. The number of hydrazine groups is 1. The summed E-state index contributed by atoms with van der Waals surface area (Å²) >= 11 is 1.18. The fourth-order valence-corrected chi connectivity index (χ4v) is 7.01. The van der Waals surface area contributed by atoms with Crippen molar-refractivity contribution >= 4 is 43.5 Å². The molecule has 0 bridgehead atoms. The van der Waals surface area contributed by atoms with Crippen molar-refractivity contribution in [3.05, 3.63) is 71.3 Å². The van der Waals surface area contributed by atoms with Gasteiger partial charge in [-0.05, 0) is 24.5 Å². The molecule has 3 atom stereocenters. The topological polar surface area (TPSA) is 99.3 Å². The molecule has 2 radical (unpaired) electrons. The molecule has 0 spiro atoms. The lowest BCUT2D eigenvalue weighted by molar-refractivity contribution is -0.154. The lowest BCUT2D eigenvalue weighted by Crippen LogP contribution is -2.65. The molecular formula is C27H29BN4O5S. The van der Waals surface area contributed by atoms with Crippen molar-refractivity contribution in [1.82, 2.24) is 20.2 Å². The van der Waals surface area contributed by atoms with Crippen molar-refractivity contribution in [2.75, 3.05) is 19.6 Å². The van der Waals surface area contributed by atoms with Crippen LogP contribution >= 0.6 is 11.8 Å². The molecule has 3 heterocycles. The molecule has 1 unspecified atom stereocenters. The van der Waals surface area contributed by atoms with Crippen molar-refractivity contribution in [3.8, 4) is 0 Å². The molecule has 0 aromatic heterocycles. The minimum Gasteiger partial charge on any atom is -0.541 e. The molecule has 0 saturated carbocycles. The van der Waals surface area contributed by atoms with Crippen LogP contribution in [-0.2, 0) is 32.0 Å². The van der Waals surface area contributed by atoms with Crippen LogP contribution in [0.1, 0.15) is 29.5 Å². The summed E-state index contributed by atoms with van der Waals surface area (Å²) in [5.41, 5.74) is 6.22. The number of aryl methyl sites for hydroxylation is 1. The number of ketones is 1. The van der Waals surface area contributed by atoms with Gasteiger partial charge >= 0.3 is 20.0 Å². The summed E-state index contributed by atoms with van der Waals surface area (Å²) in [6.45, 7) is 3.22. The van der Waals surface area contributed by atoms with Crippen LogP contribution in [0.25, 0.3) is 0 Å². The number of Topliss-reactive ketones (excluding diaryl/α,β-unsaturated/α-hetero) is 1. The number of carbonyl (C=O) groups excluding carboxylic acids is 4. The van der Waals surface area contributed by atoms with Crippen molar-refractivity contribution < 1.29 is 23.8 Å². The number of β-lactam (4-membered cyclic amide) rings is 1. The van der Waals surface area contributed by atoms with Crippen molar-refractivity contribution in [1.29, 1.82) is 0 Å². The molecule has 5 rings (SSSR count). The number of nitrogens with zero attached hydrogens (tertiary/aromatic N) is 3. The van der Waals surface area contributed by atoms with Gasteiger partial charge < -0.3 is 9.55 Å². The van der Waals surface area contributed by atoms with Gasteiger partial charge in [0.2, 0.25) is 10.8 Å². The van der Waals surface area contributed by atoms with E-state index in [2.05, 4.69) is 10.1 Å². The van der Waals surface area contributed by atoms with E-state index >= 15 is 0 Å². The Hall–Kier alpha value is -3.31. The Morgan fingerprint density at radius 3 is 2.53 bits per heavy atom. The van der Waals surface area contributed by atoms with Crippen LogP contribution in [0.4, 0.5) is 4.79 Å². The lowest BCUT2D eigenvalue weighted by Gasteiger charge is -2.43. The van der Waals surface area contributed by atoms with E-state index in [1.807, 2.05) is 61.5 Å². The molecule has 3 aliphatic heterocycles. The average Bonchev–Trinajstić information content (AvgIpc) is 3.29. The van der Waals surface area contributed by atoms with Gasteiger partial charge in [-0.25, -0.2) is 10.2 Å². The van der Waals surface area contributed by atoms with Crippen LogP contribution in [0.3, 0.4) is 0 Å². The van der Waals surface area contributed by atoms with Gasteiger partial charge in [0.05, 0.1) is 17.8 Å². The van der Waals surface area contributed by atoms with Gasteiger partial charge in [0.15, 0.2) is 0 Å². The minimum atomic E-state index is -1.48. The first-order valence-electron chi connectivity index (χ1n) is 12.7. The van der Waals surface area contributed by atoms with E-state index in [0.717, 1.165) is 16.7 Å². The summed E-state index contributed by atoms with van der Waals surface area (Å²) in [4.78, 5) is 53.9. The highest BCUT2D eigenvalue weighted by Gasteiger charge is 2.65. The third-order valence-electron chi connectivity index (χ3n) is 7.33. The zero-order valence-corrected chi connectivity index (χ0v) is 22.0. The molecule has 38 heavy (non-hydrogen) atoms. The largest absolute Gasteiger partial charge is 0.541 e. The number of thioether (sulfide) groups is 1. The first kappa shape index (κ1) is 26.3. The molecule has 3 aliphatic rings. The normalized spacial score (nSPS) is 24.7. The van der Waals surface area contributed by atoms with Crippen molar-refractivity contribution in [3.63, 3.8) is 0 Å². The second kappa shape index (κ2) is 10.8. The van der Waals surface area contributed by atoms with E-state index in [0.29, 0.717) is 26.1 Å². The van der Waals surface area contributed by atoms with Gasteiger partial charge in [-0.1, -0.05) is 71.9 Å². The number of nitrogens with one attached hydrogen (secondary N) is 1. The highest BCUT2D eigenvalue weighted by Crippen LogP contribution is 2.53. The molecule has 3 fully saturated rings. The van der Waals surface area contributed by atoms with E-state index < -0.39 is 22.1 Å². The van der Waals surface area contributed by atoms with Gasteiger partial charge in [0, 0.05) is 32.5 Å². The molecule has 9 nitrogen and oxygen atoms in total. The summed E-state index contributed by atoms with van der Waals surface area (Å²) in [7, 11) is 5.33. The number of rotatable bonds is 9. The monoisotopic (exact) mass is 532 g/mol. The van der Waals surface area contributed by atoms with Gasteiger partial charge in [-0.3, -0.25) is 24.3 Å². The molecule has 11 heteroatoms. The Bertz CT molecular complexity index is 1230. The van der Waals surface area contributed by atoms with E-state index in [1.54, 1.807) is 4.90 Å². The SMILES string of the molecule is [B]OC(=O)[C@@]1(N2CCCN(NCc3ccc(C)cc3)C2=O)CN2C(=O)[C@@H](CC(=O)Cc3ccccc3)C2S1. The number of amides is 3. The predicted octanol–water partition coefficient (Wildman–Crippen LogP) is 2.18. The van der Waals surface area contributed by atoms with Crippen LogP contribution in [0, 0.1) is 12.8 Å². The number of hydrogen-bond acceptors (Lipinski definition) is 7. The molecule has 196 valence electrons. The fraction of sp³-hybridized carbons (Fsp3) is 0.407. The third-order valence-corrected chi connectivity index (χ3v) is 9.06. The maximum Gasteiger partial charge on any atom is 0.378 e. The van der Waals surface area contributed by atoms with E-state index in [1.165, 1.54) is 21.7 Å². The number of carbonyl (C=O) groups is 4. The minimum absolute atomic E-state index is 0.0296. The molecule has 1 N–H and O–H groups in total. The first-order valence-corrected chi connectivity index (χ1v) is 13.5. The van der Waals surface area contributed by atoms with Gasteiger partial charge in [-0.2, -0.15) is 0 Å². The first-order chi connectivity index (χ1) is 18.3. The van der Waals surface area contributed by atoms with Crippen LogP contribution in [-0.4, -0.2) is 76.4 Å². The Balaban J connectivity index is 1.28. The second-order valence-corrected chi connectivity index (χ2v) is 11.3. The number of fused-ring (bicyclic) bond motifs is 1. The number of urea groups is 1. The van der Waals surface area contributed by atoms with Crippen LogP contribution in [0.5, 0.6) is 0 Å². The van der Waals surface area contributed by atoms with Gasteiger partial charge in [-0.15, -0.1) is 0 Å². The number of hydrogen-bond donors (Lipinski definition) is 1. The highest BCUT2D eigenvalue weighted by atomic mass is 32.2. The van der Waals surface area contributed by atoms with Crippen LogP contribution < -0.4 is 5.43 Å². The van der Waals surface area contributed by atoms with Crippen LogP contribution in [0.15, 0.2) is 54.6 Å². The van der Waals surface area contributed by atoms with Crippen molar-refractivity contribution in [2.45, 2.75) is 43.0 Å². The highest BCUT2D eigenvalue weighted by molar-refractivity contribution is 8.02. The Labute approximate surface area is 227 Å². The molecule has 0 aliphatic carbocycles. The molecule has 2 aromatic carbocycles. The van der Waals surface area contributed by atoms with Gasteiger partial charge in [0.25, 0.3) is 0 Å². The zero-order chi connectivity index (χ0) is 26.9.